The first kappa shape index (κ1) is 20.5. The molecule has 1 aliphatic rings. The van der Waals surface area contributed by atoms with Crippen LogP contribution in [-0.4, -0.2) is 61.2 Å². The highest BCUT2D eigenvalue weighted by atomic mass is 32.2. The monoisotopic (exact) mass is 442 g/mol. The third-order valence-electron chi connectivity index (χ3n) is 4.88. The smallest absolute Gasteiger partial charge is 0.238 e. The lowest BCUT2D eigenvalue weighted by Gasteiger charge is -2.33. The molecule has 30 heavy (non-hydrogen) atoms. The average molecular weight is 443 g/mol. The molecule has 0 unspecified atom stereocenters. The molecule has 0 saturated carbocycles. The van der Waals surface area contributed by atoms with E-state index in [0.717, 1.165) is 20.7 Å². The molecule has 2 aromatic heterocycles. The van der Waals surface area contributed by atoms with Crippen LogP contribution < -0.4 is 5.32 Å². The van der Waals surface area contributed by atoms with Crippen LogP contribution in [0.5, 0.6) is 0 Å². The van der Waals surface area contributed by atoms with Gasteiger partial charge in [-0.25, -0.2) is 8.42 Å². The summed E-state index contributed by atoms with van der Waals surface area (Å²) in [6.45, 7) is 1.66. The minimum atomic E-state index is -3.65. The van der Waals surface area contributed by atoms with Crippen molar-refractivity contribution in [2.75, 3.05) is 38.0 Å². The van der Waals surface area contributed by atoms with Crippen molar-refractivity contribution >= 4 is 49.1 Å². The lowest BCUT2D eigenvalue weighted by molar-refractivity contribution is -0.133. The van der Waals surface area contributed by atoms with Gasteiger partial charge in [0.25, 0.3) is 0 Å². The van der Waals surface area contributed by atoms with Crippen molar-refractivity contribution in [3.05, 3.63) is 65.1 Å². The number of rotatable bonds is 7. The first-order valence-electron chi connectivity index (χ1n) is 9.60. The maximum atomic E-state index is 12.7. The van der Waals surface area contributed by atoms with Gasteiger partial charge in [-0.3, -0.25) is 9.78 Å². The predicted molar refractivity (Wildman–Crippen MR) is 121 cm³/mol. The van der Waals surface area contributed by atoms with Crippen molar-refractivity contribution < 1.29 is 13.2 Å². The number of sulfonamides is 1. The van der Waals surface area contributed by atoms with Gasteiger partial charge in [0, 0.05) is 59.2 Å². The Bertz CT molecular complexity index is 1130. The summed E-state index contributed by atoms with van der Waals surface area (Å²) in [5, 5.41) is 5.51. The number of hydrogen-bond donors (Lipinski definition) is 1. The first-order chi connectivity index (χ1) is 14.5. The Hall–Kier alpha value is -2.75. The van der Waals surface area contributed by atoms with E-state index < -0.39 is 10.0 Å². The highest BCUT2D eigenvalue weighted by Gasteiger charge is 2.30. The summed E-state index contributed by atoms with van der Waals surface area (Å²) >= 11 is 1.54. The molecule has 1 fully saturated rings. The van der Waals surface area contributed by atoms with Crippen LogP contribution in [0, 0.1) is 0 Å². The number of carbonyl (C=O) groups excluding carboxylic acids is 1. The second-order valence-corrected chi connectivity index (χ2v) is 9.85. The van der Waals surface area contributed by atoms with Crippen LogP contribution in [0.25, 0.3) is 16.2 Å². The number of hydrogen-bond acceptors (Lipinski definition) is 6. The SMILES string of the molecule is O=C1CN(S(=O)(=O)/C=C/c2cc3ccccc3s2)CCN1CCNc1ccncc1. The largest absolute Gasteiger partial charge is 0.383 e. The number of benzene rings is 1. The molecular formula is C21H22N4O3S2. The zero-order chi connectivity index (χ0) is 21.0. The molecule has 1 amide bonds. The van der Waals surface area contributed by atoms with Gasteiger partial charge in [0.15, 0.2) is 0 Å². The van der Waals surface area contributed by atoms with Crippen LogP contribution in [0.2, 0.25) is 0 Å². The van der Waals surface area contributed by atoms with Gasteiger partial charge in [-0.2, -0.15) is 4.31 Å². The fourth-order valence-electron chi connectivity index (χ4n) is 3.27. The summed E-state index contributed by atoms with van der Waals surface area (Å²) in [5.41, 5.74) is 0.935. The van der Waals surface area contributed by atoms with E-state index in [1.807, 2.05) is 42.5 Å². The normalized spacial score (nSPS) is 15.9. The molecule has 0 aliphatic carbocycles. The predicted octanol–water partition coefficient (Wildman–Crippen LogP) is 2.85. The molecule has 0 atom stereocenters. The van der Waals surface area contributed by atoms with E-state index >= 15 is 0 Å². The van der Waals surface area contributed by atoms with Gasteiger partial charge >= 0.3 is 0 Å². The number of nitrogens with one attached hydrogen (secondary N) is 1. The van der Waals surface area contributed by atoms with Crippen molar-refractivity contribution in [3.8, 4) is 0 Å². The van der Waals surface area contributed by atoms with Crippen molar-refractivity contribution in [1.82, 2.24) is 14.2 Å². The third kappa shape index (κ3) is 4.86. The fourth-order valence-corrected chi connectivity index (χ4v) is 5.44. The highest BCUT2D eigenvalue weighted by molar-refractivity contribution is 7.92. The Morgan fingerprint density at radius 1 is 1.13 bits per heavy atom. The zero-order valence-electron chi connectivity index (χ0n) is 16.3. The number of piperazine rings is 1. The van der Waals surface area contributed by atoms with Gasteiger partial charge in [0.2, 0.25) is 15.9 Å². The standard InChI is InChI=1S/C21H22N4O3S2/c26-21-16-25(13-12-24(21)11-10-23-18-5-8-22-9-6-18)30(27,28)14-7-19-15-17-3-1-2-4-20(17)29-19/h1-9,14-15H,10-13,16H2,(H,22,23)/b14-7+. The summed E-state index contributed by atoms with van der Waals surface area (Å²) in [4.78, 5) is 19.0. The van der Waals surface area contributed by atoms with E-state index in [-0.39, 0.29) is 12.5 Å². The number of fused-ring (bicyclic) bond motifs is 1. The molecule has 9 heteroatoms. The fraction of sp³-hybridized carbons (Fsp3) is 0.238. The van der Waals surface area contributed by atoms with E-state index in [4.69, 9.17) is 0 Å². The van der Waals surface area contributed by atoms with E-state index in [0.29, 0.717) is 26.2 Å². The summed E-state index contributed by atoms with van der Waals surface area (Å²) in [6.07, 6.45) is 5.00. The molecule has 1 saturated heterocycles. The molecule has 1 N–H and O–H groups in total. The van der Waals surface area contributed by atoms with Crippen LogP contribution in [0.1, 0.15) is 4.88 Å². The Balaban J connectivity index is 1.32. The van der Waals surface area contributed by atoms with Crippen molar-refractivity contribution in [2.24, 2.45) is 0 Å². The topological polar surface area (TPSA) is 82.6 Å². The Morgan fingerprint density at radius 3 is 2.70 bits per heavy atom. The molecular weight excluding hydrogens is 420 g/mol. The van der Waals surface area contributed by atoms with E-state index in [2.05, 4.69) is 10.3 Å². The van der Waals surface area contributed by atoms with E-state index in [1.165, 1.54) is 21.1 Å². The van der Waals surface area contributed by atoms with Crippen molar-refractivity contribution in [3.63, 3.8) is 0 Å². The summed E-state index contributed by atoms with van der Waals surface area (Å²) < 4.78 is 27.7. The highest BCUT2D eigenvalue weighted by Crippen LogP contribution is 2.26. The van der Waals surface area contributed by atoms with Gasteiger partial charge in [0.05, 0.1) is 6.54 Å². The molecule has 3 heterocycles. The maximum absolute atomic E-state index is 12.7. The van der Waals surface area contributed by atoms with E-state index in [9.17, 15) is 13.2 Å². The third-order valence-corrected chi connectivity index (χ3v) is 7.48. The summed E-state index contributed by atoms with van der Waals surface area (Å²) in [6, 6.07) is 13.6. The number of aromatic nitrogens is 1. The van der Waals surface area contributed by atoms with Gasteiger partial charge in [-0.1, -0.05) is 18.2 Å². The van der Waals surface area contributed by atoms with Gasteiger partial charge in [-0.05, 0) is 35.7 Å². The van der Waals surface area contributed by atoms with E-state index in [1.54, 1.807) is 23.4 Å². The van der Waals surface area contributed by atoms with Crippen LogP contribution in [0.15, 0.2) is 60.3 Å². The van der Waals surface area contributed by atoms with Crippen LogP contribution in [0.4, 0.5) is 5.69 Å². The minimum absolute atomic E-state index is 0.131. The Morgan fingerprint density at radius 2 is 1.93 bits per heavy atom. The Labute approximate surface area is 179 Å². The second kappa shape index (κ2) is 8.95. The van der Waals surface area contributed by atoms with Crippen molar-refractivity contribution in [2.45, 2.75) is 0 Å². The molecule has 0 bridgehead atoms. The van der Waals surface area contributed by atoms with Gasteiger partial charge < -0.3 is 10.2 Å². The molecule has 4 rings (SSSR count). The summed E-state index contributed by atoms with van der Waals surface area (Å²) in [5.74, 6) is -0.184. The van der Waals surface area contributed by atoms with Gasteiger partial charge in [-0.15, -0.1) is 11.3 Å². The molecule has 0 radical (unpaired) electrons. The zero-order valence-corrected chi connectivity index (χ0v) is 17.9. The van der Waals surface area contributed by atoms with Crippen LogP contribution in [-0.2, 0) is 14.8 Å². The lowest BCUT2D eigenvalue weighted by atomic mass is 10.2. The molecule has 1 aromatic carbocycles. The van der Waals surface area contributed by atoms with Crippen LogP contribution in [0.3, 0.4) is 0 Å². The maximum Gasteiger partial charge on any atom is 0.238 e. The number of nitrogens with zero attached hydrogens (tertiary/aromatic N) is 3. The number of amides is 1. The summed E-state index contributed by atoms with van der Waals surface area (Å²) in [7, 11) is -3.65. The molecule has 3 aromatic rings. The molecule has 0 spiro atoms. The Kier molecular flexibility index (Phi) is 6.12. The number of pyridine rings is 1. The number of anilines is 1. The first-order valence-corrected chi connectivity index (χ1v) is 11.9. The van der Waals surface area contributed by atoms with Gasteiger partial charge in [0.1, 0.15) is 0 Å². The quantitative estimate of drug-likeness (QED) is 0.608. The van der Waals surface area contributed by atoms with Crippen LogP contribution >= 0.6 is 11.3 Å². The van der Waals surface area contributed by atoms with Crippen molar-refractivity contribution in [1.29, 1.82) is 0 Å². The average Bonchev–Trinajstić information content (AvgIpc) is 3.17. The lowest BCUT2D eigenvalue weighted by Crippen LogP contribution is -2.52. The minimum Gasteiger partial charge on any atom is -0.383 e. The molecule has 7 nitrogen and oxygen atoms in total. The molecule has 1 aliphatic heterocycles. The number of carbonyl (C=O) groups is 1. The second-order valence-electron chi connectivity index (χ2n) is 6.91. The molecule has 156 valence electrons. The number of thiophene rings is 1.